The molecule has 190 valence electrons. The topological polar surface area (TPSA) is 171 Å². The summed E-state index contributed by atoms with van der Waals surface area (Å²) in [5.41, 5.74) is 6.90. The van der Waals surface area contributed by atoms with E-state index in [-0.39, 0.29) is 12.8 Å². The van der Waals surface area contributed by atoms with Gasteiger partial charge in [-0.3, -0.25) is 14.4 Å². The normalized spacial score (nSPS) is 15.5. The number of aliphatic carboxylic acids is 1. The van der Waals surface area contributed by atoms with Gasteiger partial charge in [0, 0.05) is 0 Å². The van der Waals surface area contributed by atoms with Crippen LogP contribution in [0.25, 0.3) is 0 Å². The molecule has 10 nitrogen and oxygen atoms in total. The molecule has 0 fully saturated rings. The molecule has 5 atom stereocenters. The second-order valence-corrected chi connectivity index (χ2v) is 9.42. The predicted molar refractivity (Wildman–Crippen MR) is 131 cm³/mol. The summed E-state index contributed by atoms with van der Waals surface area (Å²) in [6.45, 7) is 4.56. The largest absolute Gasteiger partial charge is 0.480 e. The molecule has 0 bridgehead atoms. The molecule has 0 saturated carbocycles. The van der Waals surface area contributed by atoms with Crippen molar-refractivity contribution in [2.45, 2.75) is 63.9 Å². The van der Waals surface area contributed by atoms with Crippen molar-refractivity contribution in [1.82, 2.24) is 16.0 Å². The van der Waals surface area contributed by atoms with Crippen LogP contribution in [0.5, 0.6) is 0 Å². The quantitative estimate of drug-likeness (QED) is 0.207. The standard InChI is InChI=1S/C23H36N4O6S/c1-13(2)18(23(32)33)26-22(31)19(14(3)28)27-21(30)17(10-11-34-4)25-20(29)16(24)12-15-8-6-5-7-9-15/h5-9,13-14,16-19,28H,10-12,24H2,1-4H3,(H,25,29)(H,26,31)(H,27,30)(H,32,33). The molecule has 0 spiro atoms. The molecule has 34 heavy (non-hydrogen) atoms. The van der Waals surface area contributed by atoms with Crippen molar-refractivity contribution >= 4 is 35.5 Å². The molecule has 3 amide bonds. The molecule has 1 aromatic carbocycles. The highest BCUT2D eigenvalue weighted by atomic mass is 32.2. The lowest BCUT2D eigenvalue weighted by atomic mass is 10.0. The summed E-state index contributed by atoms with van der Waals surface area (Å²) in [7, 11) is 0. The number of amides is 3. The summed E-state index contributed by atoms with van der Waals surface area (Å²) in [5.74, 6) is -3.12. The van der Waals surface area contributed by atoms with Gasteiger partial charge in [0.25, 0.3) is 0 Å². The maximum absolute atomic E-state index is 13.0. The van der Waals surface area contributed by atoms with Crippen LogP contribution in [0.1, 0.15) is 32.8 Å². The van der Waals surface area contributed by atoms with Gasteiger partial charge >= 0.3 is 5.97 Å². The second-order valence-electron chi connectivity index (χ2n) is 8.43. The SMILES string of the molecule is CSCCC(NC(=O)C(N)Cc1ccccc1)C(=O)NC(C(=O)NC(C(=O)O)C(C)C)C(C)O. The van der Waals surface area contributed by atoms with Crippen molar-refractivity contribution < 1.29 is 29.4 Å². The van der Waals surface area contributed by atoms with Crippen molar-refractivity contribution in [3.05, 3.63) is 35.9 Å². The predicted octanol–water partition coefficient (Wildman–Crippen LogP) is -0.115. The van der Waals surface area contributed by atoms with Crippen LogP contribution in [0.2, 0.25) is 0 Å². The third kappa shape index (κ3) is 9.70. The Bertz CT molecular complexity index is 821. The molecule has 0 aliphatic heterocycles. The van der Waals surface area contributed by atoms with E-state index in [9.17, 15) is 29.4 Å². The van der Waals surface area contributed by atoms with E-state index in [2.05, 4.69) is 16.0 Å². The van der Waals surface area contributed by atoms with Crippen LogP contribution in [-0.4, -0.2) is 76.2 Å². The summed E-state index contributed by atoms with van der Waals surface area (Å²) in [4.78, 5) is 49.7. The molecule has 0 radical (unpaired) electrons. The fourth-order valence-electron chi connectivity index (χ4n) is 3.16. The maximum atomic E-state index is 13.0. The molecule has 7 N–H and O–H groups in total. The van der Waals surface area contributed by atoms with Gasteiger partial charge in [0.2, 0.25) is 17.7 Å². The summed E-state index contributed by atoms with van der Waals surface area (Å²) in [5, 5.41) is 26.8. The number of carbonyl (C=O) groups is 4. The zero-order valence-corrected chi connectivity index (χ0v) is 20.8. The monoisotopic (exact) mass is 496 g/mol. The number of benzene rings is 1. The molecule has 1 rings (SSSR count). The van der Waals surface area contributed by atoms with Crippen molar-refractivity contribution in [2.24, 2.45) is 11.7 Å². The summed E-state index contributed by atoms with van der Waals surface area (Å²) >= 11 is 1.48. The number of carboxylic acids is 1. The summed E-state index contributed by atoms with van der Waals surface area (Å²) in [6.07, 6.45) is 1.10. The van der Waals surface area contributed by atoms with Crippen molar-refractivity contribution in [2.75, 3.05) is 12.0 Å². The number of hydrogen-bond donors (Lipinski definition) is 6. The molecule has 0 aromatic heterocycles. The van der Waals surface area contributed by atoms with E-state index < -0.39 is 59.9 Å². The van der Waals surface area contributed by atoms with E-state index in [1.54, 1.807) is 13.8 Å². The van der Waals surface area contributed by atoms with Gasteiger partial charge in [-0.1, -0.05) is 44.2 Å². The lowest BCUT2D eigenvalue weighted by molar-refractivity contribution is -0.144. The van der Waals surface area contributed by atoms with Crippen LogP contribution >= 0.6 is 11.8 Å². The number of nitrogens with one attached hydrogen (secondary N) is 3. The smallest absolute Gasteiger partial charge is 0.326 e. The van der Waals surface area contributed by atoms with E-state index >= 15 is 0 Å². The number of thioether (sulfide) groups is 1. The average Bonchev–Trinajstić information content (AvgIpc) is 2.77. The molecular weight excluding hydrogens is 460 g/mol. The number of hydrogen-bond acceptors (Lipinski definition) is 7. The highest BCUT2D eigenvalue weighted by Crippen LogP contribution is 2.07. The molecule has 1 aromatic rings. The van der Waals surface area contributed by atoms with Crippen molar-refractivity contribution in [1.29, 1.82) is 0 Å². The van der Waals surface area contributed by atoms with Crippen molar-refractivity contribution in [3.8, 4) is 0 Å². The van der Waals surface area contributed by atoms with Crippen LogP contribution in [0, 0.1) is 5.92 Å². The van der Waals surface area contributed by atoms with Gasteiger partial charge in [0.1, 0.15) is 18.1 Å². The van der Waals surface area contributed by atoms with Gasteiger partial charge in [0.05, 0.1) is 12.1 Å². The fourth-order valence-corrected chi connectivity index (χ4v) is 3.63. The van der Waals surface area contributed by atoms with E-state index in [0.29, 0.717) is 5.75 Å². The molecule has 5 unspecified atom stereocenters. The Balaban J connectivity index is 2.90. The van der Waals surface area contributed by atoms with E-state index in [1.165, 1.54) is 18.7 Å². The first-order valence-corrected chi connectivity index (χ1v) is 12.5. The molecule has 0 aliphatic carbocycles. The third-order valence-electron chi connectivity index (χ3n) is 5.17. The minimum absolute atomic E-state index is 0.273. The Kier molecular flexibility index (Phi) is 12.6. The van der Waals surface area contributed by atoms with Crippen LogP contribution in [0.15, 0.2) is 30.3 Å². The van der Waals surface area contributed by atoms with Crippen LogP contribution in [-0.2, 0) is 25.6 Å². The van der Waals surface area contributed by atoms with Crippen molar-refractivity contribution in [3.63, 3.8) is 0 Å². The van der Waals surface area contributed by atoms with Gasteiger partial charge in [0.15, 0.2) is 0 Å². The second kappa shape index (κ2) is 14.6. The first-order chi connectivity index (χ1) is 16.0. The van der Waals surface area contributed by atoms with Gasteiger partial charge in [-0.15, -0.1) is 0 Å². The van der Waals surface area contributed by atoms with E-state index in [1.807, 2.05) is 36.6 Å². The Labute approximate surface area is 204 Å². The number of rotatable bonds is 14. The molecule has 0 aliphatic rings. The highest BCUT2D eigenvalue weighted by Gasteiger charge is 2.33. The molecule has 0 saturated heterocycles. The lowest BCUT2D eigenvalue weighted by Crippen LogP contribution is -2.60. The number of carbonyl (C=O) groups excluding carboxylic acids is 3. The Morgan fingerprint density at radius 1 is 0.941 bits per heavy atom. The Hall–Kier alpha value is -2.63. The number of aliphatic hydroxyl groups is 1. The number of aliphatic hydroxyl groups excluding tert-OH is 1. The van der Waals surface area contributed by atoms with Gasteiger partial charge in [-0.05, 0) is 43.3 Å². The van der Waals surface area contributed by atoms with Crippen LogP contribution in [0.3, 0.4) is 0 Å². The van der Waals surface area contributed by atoms with Gasteiger partial charge in [-0.2, -0.15) is 11.8 Å². The van der Waals surface area contributed by atoms with E-state index in [4.69, 9.17) is 5.73 Å². The minimum Gasteiger partial charge on any atom is -0.480 e. The Morgan fingerprint density at radius 2 is 1.53 bits per heavy atom. The van der Waals surface area contributed by atoms with Gasteiger partial charge in [-0.25, -0.2) is 4.79 Å². The van der Waals surface area contributed by atoms with Crippen LogP contribution in [0.4, 0.5) is 0 Å². The third-order valence-corrected chi connectivity index (χ3v) is 5.82. The molecule has 11 heteroatoms. The maximum Gasteiger partial charge on any atom is 0.326 e. The lowest BCUT2D eigenvalue weighted by Gasteiger charge is -2.27. The average molecular weight is 497 g/mol. The molecular formula is C23H36N4O6S. The zero-order chi connectivity index (χ0) is 25.8. The minimum atomic E-state index is -1.40. The number of carboxylic acid groups (broad SMARTS) is 1. The fraction of sp³-hybridized carbons (Fsp3) is 0.565. The first kappa shape index (κ1) is 29.4. The van der Waals surface area contributed by atoms with E-state index in [0.717, 1.165) is 5.56 Å². The first-order valence-electron chi connectivity index (χ1n) is 11.1. The van der Waals surface area contributed by atoms with Gasteiger partial charge < -0.3 is 31.9 Å². The summed E-state index contributed by atoms with van der Waals surface area (Å²) in [6, 6.07) is 4.76. The summed E-state index contributed by atoms with van der Waals surface area (Å²) < 4.78 is 0. The number of nitrogens with two attached hydrogens (primary N) is 1. The molecule has 0 heterocycles. The Morgan fingerprint density at radius 3 is 2.03 bits per heavy atom. The van der Waals surface area contributed by atoms with Crippen LogP contribution < -0.4 is 21.7 Å². The zero-order valence-electron chi connectivity index (χ0n) is 20.0. The highest BCUT2D eigenvalue weighted by molar-refractivity contribution is 7.98.